The zero-order chi connectivity index (χ0) is 13.9. The maximum absolute atomic E-state index is 12.5. The average Bonchev–Trinajstić information content (AvgIpc) is 2.62. The van der Waals surface area contributed by atoms with Crippen LogP contribution in [0.3, 0.4) is 0 Å². The molecule has 0 bridgehead atoms. The zero-order valence-electron chi connectivity index (χ0n) is 11.7. The van der Waals surface area contributed by atoms with E-state index < -0.39 is 12.6 Å². The fourth-order valence-corrected chi connectivity index (χ4v) is 3.06. The first kappa shape index (κ1) is 15.3. The van der Waals surface area contributed by atoms with E-state index >= 15 is 0 Å². The molecule has 3 heteroatoms. The van der Waals surface area contributed by atoms with Crippen molar-refractivity contribution in [2.24, 2.45) is 5.92 Å². The summed E-state index contributed by atoms with van der Waals surface area (Å²) in [5.74, 6) is 0.533. The van der Waals surface area contributed by atoms with Crippen LogP contribution in [0.1, 0.15) is 59.8 Å². The first-order chi connectivity index (χ1) is 8.26. The molecule has 0 radical (unpaired) electrons. The fourth-order valence-electron chi connectivity index (χ4n) is 3.06. The molecule has 0 saturated heterocycles. The molecular weight excluding hydrogens is 237 g/mol. The van der Waals surface area contributed by atoms with Crippen molar-refractivity contribution < 1.29 is 13.2 Å². The van der Waals surface area contributed by atoms with E-state index in [1.165, 1.54) is 18.4 Å². The van der Waals surface area contributed by atoms with E-state index in [-0.39, 0.29) is 0 Å². The van der Waals surface area contributed by atoms with Gasteiger partial charge in [0.25, 0.3) is 0 Å². The van der Waals surface area contributed by atoms with Gasteiger partial charge in [-0.2, -0.15) is 13.2 Å². The van der Waals surface area contributed by atoms with Crippen LogP contribution in [0.25, 0.3) is 0 Å². The van der Waals surface area contributed by atoms with Crippen LogP contribution in [0.15, 0.2) is 22.3 Å². The van der Waals surface area contributed by atoms with Crippen LogP contribution in [0, 0.1) is 5.92 Å². The van der Waals surface area contributed by atoms with Crippen molar-refractivity contribution in [3.63, 3.8) is 0 Å². The zero-order valence-corrected chi connectivity index (χ0v) is 11.7. The van der Waals surface area contributed by atoms with Gasteiger partial charge in [0.1, 0.15) is 0 Å². The van der Waals surface area contributed by atoms with Crippen LogP contribution < -0.4 is 0 Å². The Morgan fingerprint density at radius 2 is 1.89 bits per heavy atom. The lowest BCUT2D eigenvalue weighted by Crippen LogP contribution is -2.09. The highest BCUT2D eigenvalue weighted by Crippen LogP contribution is 2.37. The Hall–Kier alpha value is -0.730. The van der Waals surface area contributed by atoms with E-state index in [0.29, 0.717) is 17.9 Å². The first-order valence-corrected chi connectivity index (χ1v) is 6.71. The summed E-state index contributed by atoms with van der Waals surface area (Å²) in [6, 6.07) is 0. The first-order valence-electron chi connectivity index (χ1n) is 6.71. The summed E-state index contributed by atoms with van der Waals surface area (Å²) in [5.41, 5.74) is 3.88. The molecular formula is C15H23F3. The molecule has 1 aliphatic carbocycles. The third-order valence-electron chi connectivity index (χ3n) is 3.95. The van der Waals surface area contributed by atoms with E-state index in [9.17, 15) is 13.2 Å². The minimum absolute atomic E-state index is 0.481. The molecule has 1 unspecified atom stereocenters. The molecule has 1 saturated carbocycles. The second kappa shape index (κ2) is 5.94. The van der Waals surface area contributed by atoms with Gasteiger partial charge in [-0.15, -0.1) is 0 Å². The molecule has 0 heterocycles. The number of halogens is 3. The lowest BCUT2D eigenvalue weighted by atomic mass is 9.90. The van der Waals surface area contributed by atoms with Gasteiger partial charge in [0.2, 0.25) is 0 Å². The molecule has 104 valence electrons. The maximum atomic E-state index is 12.5. The summed E-state index contributed by atoms with van der Waals surface area (Å²) >= 11 is 0. The second-order valence-electron chi connectivity index (χ2n) is 5.35. The molecule has 1 fully saturated rings. The molecule has 0 aromatic heterocycles. The molecule has 0 amide bonds. The average molecular weight is 260 g/mol. The molecule has 0 aromatic rings. The topological polar surface area (TPSA) is 0 Å². The van der Waals surface area contributed by atoms with E-state index in [2.05, 4.69) is 6.92 Å². The molecule has 0 N–H and O–H groups in total. The van der Waals surface area contributed by atoms with Gasteiger partial charge in [0.05, 0.1) is 6.42 Å². The standard InChI is InChI=1S/C15H23F3/c1-5-13(11(3)9-15(16,17)18)12(4)14-8-6-7-10(14)2/h10H,5-9H2,1-4H3/b13-11+,14-12-. The number of alkyl halides is 3. The number of hydrogen-bond acceptors (Lipinski definition) is 0. The summed E-state index contributed by atoms with van der Waals surface area (Å²) in [7, 11) is 0. The number of hydrogen-bond donors (Lipinski definition) is 0. The Morgan fingerprint density at radius 3 is 2.28 bits per heavy atom. The van der Waals surface area contributed by atoms with Crippen LogP contribution in [0.4, 0.5) is 13.2 Å². The molecule has 1 aliphatic rings. The van der Waals surface area contributed by atoms with Crippen molar-refractivity contribution in [3.8, 4) is 0 Å². The van der Waals surface area contributed by atoms with Crippen molar-refractivity contribution in [2.75, 3.05) is 0 Å². The van der Waals surface area contributed by atoms with Crippen molar-refractivity contribution in [1.82, 2.24) is 0 Å². The predicted molar refractivity (Wildman–Crippen MR) is 69.4 cm³/mol. The lowest BCUT2D eigenvalue weighted by molar-refractivity contribution is -0.127. The predicted octanol–water partition coefficient (Wildman–Crippen LogP) is 5.80. The molecule has 0 spiro atoms. The Morgan fingerprint density at radius 1 is 1.28 bits per heavy atom. The van der Waals surface area contributed by atoms with E-state index in [0.717, 1.165) is 17.6 Å². The van der Waals surface area contributed by atoms with Gasteiger partial charge in [-0.3, -0.25) is 0 Å². The van der Waals surface area contributed by atoms with E-state index in [1.807, 2.05) is 13.8 Å². The molecule has 18 heavy (non-hydrogen) atoms. The van der Waals surface area contributed by atoms with Crippen molar-refractivity contribution in [1.29, 1.82) is 0 Å². The van der Waals surface area contributed by atoms with Crippen LogP contribution in [-0.2, 0) is 0 Å². The smallest absolute Gasteiger partial charge is 0.171 e. The van der Waals surface area contributed by atoms with Crippen molar-refractivity contribution in [3.05, 3.63) is 22.3 Å². The number of allylic oxidation sites excluding steroid dienone is 4. The largest absolute Gasteiger partial charge is 0.392 e. The SMILES string of the molecule is CCC(/C(C)=C1/CCCC1C)=C(/C)CC(F)(F)F. The van der Waals surface area contributed by atoms with Crippen LogP contribution in [0.5, 0.6) is 0 Å². The minimum atomic E-state index is -4.10. The fraction of sp³-hybridized carbons (Fsp3) is 0.733. The second-order valence-corrected chi connectivity index (χ2v) is 5.35. The molecule has 1 rings (SSSR count). The van der Waals surface area contributed by atoms with Gasteiger partial charge in [-0.05, 0) is 56.6 Å². The van der Waals surface area contributed by atoms with Gasteiger partial charge in [-0.25, -0.2) is 0 Å². The molecule has 0 aromatic carbocycles. The Balaban J connectivity index is 3.05. The highest BCUT2D eigenvalue weighted by molar-refractivity contribution is 5.38. The Kier molecular flexibility index (Phi) is 5.06. The normalized spacial score (nSPS) is 25.2. The minimum Gasteiger partial charge on any atom is -0.171 e. The Labute approximate surface area is 108 Å². The maximum Gasteiger partial charge on any atom is 0.392 e. The molecule has 0 nitrogen and oxygen atoms in total. The van der Waals surface area contributed by atoms with Crippen molar-refractivity contribution in [2.45, 2.75) is 66.0 Å². The highest BCUT2D eigenvalue weighted by atomic mass is 19.4. The monoisotopic (exact) mass is 260 g/mol. The van der Waals surface area contributed by atoms with Gasteiger partial charge in [0, 0.05) is 0 Å². The van der Waals surface area contributed by atoms with Crippen molar-refractivity contribution >= 4 is 0 Å². The Bertz CT molecular complexity index is 358. The summed E-state index contributed by atoms with van der Waals surface area (Å²) in [4.78, 5) is 0. The molecule has 1 atom stereocenters. The van der Waals surface area contributed by atoms with Crippen LogP contribution >= 0.6 is 0 Å². The summed E-state index contributed by atoms with van der Waals surface area (Å²) in [5, 5.41) is 0. The quantitative estimate of drug-likeness (QED) is 0.601. The summed E-state index contributed by atoms with van der Waals surface area (Å²) < 4.78 is 37.4. The third kappa shape index (κ3) is 3.89. The lowest BCUT2D eigenvalue weighted by Gasteiger charge is -2.17. The summed E-state index contributed by atoms with van der Waals surface area (Å²) in [6.45, 7) is 7.74. The molecule has 0 aliphatic heterocycles. The van der Waals surface area contributed by atoms with E-state index in [1.54, 1.807) is 6.92 Å². The van der Waals surface area contributed by atoms with Gasteiger partial charge >= 0.3 is 6.18 Å². The highest BCUT2D eigenvalue weighted by Gasteiger charge is 2.29. The third-order valence-corrected chi connectivity index (χ3v) is 3.95. The summed E-state index contributed by atoms with van der Waals surface area (Å²) in [6.07, 6.45) is -0.809. The van der Waals surface area contributed by atoms with Gasteiger partial charge in [0.15, 0.2) is 0 Å². The van der Waals surface area contributed by atoms with Crippen LogP contribution in [-0.4, -0.2) is 6.18 Å². The number of rotatable bonds is 3. The van der Waals surface area contributed by atoms with E-state index in [4.69, 9.17) is 0 Å². The van der Waals surface area contributed by atoms with Gasteiger partial charge < -0.3 is 0 Å². The van der Waals surface area contributed by atoms with Gasteiger partial charge in [-0.1, -0.05) is 25.0 Å². The van der Waals surface area contributed by atoms with Crippen LogP contribution in [0.2, 0.25) is 0 Å².